The predicted molar refractivity (Wildman–Crippen MR) is 87.9 cm³/mol. The van der Waals surface area contributed by atoms with Gasteiger partial charge in [0.2, 0.25) is 0 Å². The lowest BCUT2D eigenvalue weighted by Crippen LogP contribution is -2.30. The van der Waals surface area contributed by atoms with Crippen LogP contribution in [0.15, 0.2) is 22.0 Å². The highest BCUT2D eigenvalue weighted by Crippen LogP contribution is 2.40. The summed E-state index contributed by atoms with van der Waals surface area (Å²) in [5, 5.41) is 3.09. The van der Waals surface area contributed by atoms with Crippen molar-refractivity contribution >= 4 is 27.3 Å². The summed E-state index contributed by atoms with van der Waals surface area (Å²) >= 11 is 5.14. The number of hydrogen-bond acceptors (Lipinski definition) is 6. The topological polar surface area (TPSA) is 69.4 Å². The average molecular weight is 372 g/mol. The van der Waals surface area contributed by atoms with Crippen molar-refractivity contribution in [2.24, 2.45) is 5.84 Å². The maximum atomic E-state index is 5.73. The van der Waals surface area contributed by atoms with E-state index in [9.17, 15) is 0 Å². The van der Waals surface area contributed by atoms with E-state index in [-0.39, 0.29) is 6.04 Å². The highest BCUT2D eigenvalue weighted by molar-refractivity contribution is 9.10. The second kappa shape index (κ2) is 7.22. The third kappa shape index (κ3) is 3.55. The third-order valence-corrected chi connectivity index (χ3v) is 4.75. The Labute approximate surface area is 136 Å². The Morgan fingerprint density at radius 2 is 2.14 bits per heavy atom. The van der Waals surface area contributed by atoms with Gasteiger partial charge in [-0.05, 0) is 35.0 Å². The molecule has 114 valence electrons. The minimum absolute atomic E-state index is 0.0938. The summed E-state index contributed by atoms with van der Waals surface area (Å²) in [6, 6.07) is 3.74. The smallest absolute Gasteiger partial charge is 0.141 e. The number of nitrogens with two attached hydrogens (primary N) is 1. The van der Waals surface area contributed by atoms with Gasteiger partial charge in [-0.25, -0.2) is 4.98 Å². The molecule has 2 rings (SSSR count). The lowest BCUT2D eigenvalue weighted by molar-refractivity contribution is 0.379. The van der Waals surface area contributed by atoms with Crippen LogP contribution in [0.25, 0.3) is 0 Å². The van der Waals surface area contributed by atoms with E-state index < -0.39 is 0 Å². The van der Waals surface area contributed by atoms with E-state index >= 15 is 0 Å². The number of hydrazine groups is 1. The highest BCUT2D eigenvalue weighted by Gasteiger charge is 2.20. The zero-order chi connectivity index (χ0) is 15.4. The fourth-order valence-electron chi connectivity index (χ4n) is 2.16. The minimum atomic E-state index is -0.0938. The Morgan fingerprint density at radius 3 is 2.67 bits per heavy atom. The summed E-state index contributed by atoms with van der Waals surface area (Å²) in [6.07, 6.45) is 0.690. The van der Waals surface area contributed by atoms with Gasteiger partial charge >= 0.3 is 0 Å². The van der Waals surface area contributed by atoms with Crippen molar-refractivity contribution in [3.63, 3.8) is 0 Å². The number of rotatable bonds is 6. The molecule has 0 fully saturated rings. The number of hydrogen-bond donors (Lipinski definition) is 2. The van der Waals surface area contributed by atoms with Crippen molar-refractivity contribution in [1.29, 1.82) is 0 Å². The van der Waals surface area contributed by atoms with E-state index in [1.54, 1.807) is 25.6 Å². The van der Waals surface area contributed by atoms with Crippen LogP contribution in [-0.2, 0) is 6.42 Å². The molecule has 7 heteroatoms. The zero-order valence-corrected chi connectivity index (χ0v) is 14.5. The van der Waals surface area contributed by atoms with Crippen LogP contribution in [0, 0.1) is 6.92 Å². The number of nitrogens with zero attached hydrogens (tertiary/aromatic N) is 1. The Kier molecular flexibility index (Phi) is 5.58. The summed E-state index contributed by atoms with van der Waals surface area (Å²) < 4.78 is 11.6. The van der Waals surface area contributed by atoms with Gasteiger partial charge in [-0.3, -0.25) is 11.3 Å². The monoisotopic (exact) mass is 371 g/mol. The SMILES string of the molecule is COc1ccc(C(Cc2csc(C)n2)NN)c(OC)c1Br. The second-order valence-electron chi connectivity index (χ2n) is 4.49. The first kappa shape index (κ1) is 16.2. The first-order chi connectivity index (χ1) is 10.1. The normalized spacial score (nSPS) is 12.2. The molecule has 5 nitrogen and oxygen atoms in total. The van der Waals surface area contributed by atoms with Crippen molar-refractivity contribution in [1.82, 2.24) is 10.4 Å². The van der Waals surface area contributed by atoms with E-state index in [0.717, 1.165) is 26.5 Å². The second-order valence-corrected chi connectivity index (χ2v) is 6.34. The molecule has 1 unspecified atom stereocenters. The molecule has 0 saturated carbocycles. The molecule has 1 aromatic heterocycles. The maximum Gasteiger partial charge on any atom is 0.141 e. The van der Waals surface area contributed by atoms with Crippen LogP contribution in [0.2, 0.25) is 0 Å². The van der Waals surface area contributed by atoms with Gasteiger partial charge in [-0.1, -0.05) is 0 Å². The van der Waals surface area contributed by atoms with Crippen molar-refractivity contribution in [2.75, 3.05) is 14.2 Å². The Bertz CT molecular complexity index is 618. The minimum Gasteiger partial charge on any atom is -0.495 e. The van der Waals surface area contributed by atoms with Gasteiger partial charge in [0.05, 0.1) is 31.0 Å². The number of aromatic nitrogens is 1. The first-order valence-electron chi connectivity index (χ1n) is 6.38. The average Bonchev–Trinajstić information content (AvgIpc) is 2.89. The number of nitrogens with one attached hydrogen (secondary N) is 1. The molecule has 21 heavy (non-hydrogen) atoms. The lowest BCUT2D eigenvalue weighted by Gasteiger charge is -2.20. The Hall–Kier alpha value is -1.15. The molecule has 1 aromatic carbocycles. The van der Waals surface area contributed by atoms with Crippen LogP contribution in [-0.4, -0.2) is 19.2 Å². The molecule has 1 heterocycles. The van der Waals surface area contributed by atoms with Gasteiger partial charge in [0.15, 0.2) is 0 Å². The van der Waals surface area contributed by atoms with E-state index in [1.165, 1.54) is 0 Å². The quantitative estimate of drug-likeness (QED) is 0.603. The number of aryl methyl sites for hydroxylation is 1. The number of ether oxygens (including phenoxy) is 2. The van der Waals surface area contributed by atoms with Crippen molar-refractivity contribution in [2.45, 2.75) is 19.4 Å². The molecule has 3 N–H and O–H groups in total. The fraction of sp³-hybridized carbons (Fsp3) is 0.357. The molecule has 0 amide bonds. The van der Waals surface area contributed by atoms with Gasteiger partial charge in [0.25, 0.3) is 0 Å². The summed E-state index contributed by atoms with van der Waals surface area (Å²) in [4.78, 5) is 4.48. The molecular formula is C14H18BrN3O2S. The van der Waals surface area contributed by atoms with Crippen LogP contribution >= 0.6 is 27.3 Å². The summed E-state index contributed by atoms with van der Waals surface area (Å²) in [7, 11) is 3.25. The Balaban J connectivity index is 2.35. The number of methoxy groups -OCH3 is 2. The van der Waals surface area contributed by atoms with Gasteiger partial charge in [-0.2, -0.15) is 0 Å². The molecule has 0 aliphatic heterocycles. The van der Waals surface area contributed by atoms with Crippen molar-refractivity contribution < 1.29 is 9.47 Å². The lowest BCUT2D eigenvalue weighted by atomic mass is 10.0. The molecule has 0 bridgehead atoms. The van der Waals surface area contributed by atoms with Gasteiger partial charge < -0.3 is 9.47 Å². The Morgan fingerprint density at radius 1 is 1.38 bits per heavy atom. The van der Waals surface area contributed by atoms with Crippen LogP contribution < -0.4 is 20.7 Å². The number of benzene rings is 1. The van der Waals surface area contributed by atoms with E-state index in [2.05, 4.69) is 26.3 Å². The molecule has 1 atom stereocenters. The first-order valence-corrected chi connectivity index (χ1v) is 8.05. The highest BCUT2D eigenvalue weighted by atomic mass is 79.9. The molecule has 0 aliphatic carbocycles. The van der Waals surface area contributed by atoms with Gasteiger partial charge in [0.1, 0.15) is 16.0 Å². The van der Waals surface area contributed by atoms with E-state index in [0.29, 0.717) is 12.2 Å². The van der Waals surface area contributed by atoms with E-state index in [1.807, 2.05) is 24.4 Å². The number of thiazole rings is 1. The zero-order valence-electron chi connectivity index (χ0n) is 12.1. The number of halogens is 1. The molecular weight excluding hydrogens is 354 g/mol. The summed E-state index contributed by atoms with van der Waals surface area (Å²) in [6.45, 7) is 1.99. The van der Waals surface area contributed by atoms with E-state index in [4.69, 9.17) is 15.3 Å². The van der Waals surface area contributed by atoms with Crippen LogP contribution in [0.3, 0.4) is 0 Å². The standard InChI is InChI=1S/C14H18BrN3O2S/c1-8-17-9(7-21-8)6-11(18-16)10-4-5-12(19-2)13(15)14(10)20-3/h4-5,7,11,18H,6,16H2,1-3H3. The van der Waals surface area contributed by atoms with Gasteiger partial charge in [0, 0.05) is 17.4 Å². The summed E-state index contributed by atoms with van der Waals surface area (Å²) in [5.41, 5.74) is 4.80. The van der Waals surface area contributed by atoms with Crippen LogP contribution in [0.4, 0.5) is 0 Å². The maximum absolute atomic E-state index is 5.73. The molecule has 0 saturated heterocycles. The molecule has 2 aromatic rings. The largest absolute Gasteiger partial charge is 0.495 e. The van der Waals surface area contributed by atoms with Crippen molar-refractivity contribution in [3.05, 3.63) is 38.3 Å². The van der Waals surface area contributed by atoms with Gasteiger partial charge in [-0.15, -0.1) is 11.3 Å². The molecule has 0 aliphatic rings. The summed E-state index contributed by atoms with van der Waals surface area (Å²) in [5.74, 6) is 7.16. The van der Waals surface area contributed by atoms with Crippen LogP contribution in [0.5, 0.6) is 11.5 Å². The third-order valence-electron chi connectivity index (χ3n) is 3.17. The molecule has 0 spiro atoms. The van der Waals surface area contributed by atoms with Crippen molar-refractivity contribution in [3.8, 4) is 11.5 Å². The molecule has 0 radical (unpaired) electrons. The fourth-order valence-corrected chi connectivity index (χ4v) is 3.47. The van der Waals surface area contributed by atoms with Crippen LogP contribution in [0.1, 0.15) is 22.3 Å². The predicted octanol–water partition coefficient (Wildman–Crippen LogP) is 2.98.